The number of hydrogen-bond acceptors (Lipinski definition) is 3. The Labute approximate surface area is 217 Å². The van der Waals surface area contributed by atoms with Crippen LogP contribution in [0.2, 0.25) is 5.02 Å². The molecular weight excluding hydrogens is 492 g/mol. The molecule has 0 spiro atoms. The minimum atomic E-state index is -0.131. The first-order valence-corrected chi connectivity index (χ1v) is 12.8. The summed E-state index contributed by atoms with van der Waals surface area (Å²) in [6.07, 6.45) is 4.06. The van der Waals surface area contributed by atoms with Crippen LogP contribution in [-0.4, -0.2) is 14.8 Å². The molecule has 170 valence electrons. The number of carbonyl (C=O) groups is 1. The molecular formula is C29H19ClN2OS2. The topological polar surface area (TPSA) is 25.2 Å². The molecule has 35 heavy (non-hydrogen) atoms. The number of aromatic nitrogens is 1. The van der Waals surface area contributed by atoms with E-state index in [2.05, 4.69) is 65.4 Å². The van der Waals surface area contributed by atoms with Crippen molar-refractivity contribution >= 4 is 79.2 Å². The van der Waals surface area contributed by atoms with Crippen molar-refractivity contribution < 1.29 is 4.79 Å². The lowest BCUT2D eigenvalue weighted by Gasteiger charge is -2.14. The fraction of sp³-hybridized carbons (Fsp3) is 0.0345. The highest BCUT2D eigenvalue weighted by Gasteiger charge is 2.33. The predicted octanol–water partition coefficient (Wildman–Crippen LogP) is 7.90. The van der Waals surface area contributed by atoms with Gasteiger partial charge in [0.2, 0.25) is 0 Å². The second kappa shape index (κ2) is 9.00. The van der Waals surface area contributed by atoms with Crippen LogP contribution in [0.5, 0.6) is 0 Å². The van der Waals surface area contributed by atoms with Crippen LogP contribution in [0.15, 0.2) is 102 Å². The third-order valence-electron chi connectivity index (χ3n) is 6.13. The summed E-state index contributed by atoms with van der Waals surface area (Å²) in [6, 6.07) is 30.4. The van der Waals surface area contributed by atoms with Gasteiger partial charge in [0.15, 0.2) is 4.32 Å². The van der Waals surface area contributed by atoms with Crippen molar-refractivity contribution in [2.24, 2.45) is 0 Å². The van der Waals surface area contributed by atoms with Gasteiger partial charge >= 0.3 is 0 Å². The van der Waals surface area contributed by atoms with Crippen molar-refractivity contribution in [1.82, 2.24) is 4.57 Å². The van der Waals surface area contributed by atoms with Crippen LogP contribution >= 0.6 is 35.6 Å². The fourth-order valence-electron chi connectivity index (χ4n) is 4.50. The molecule has 5 aromatic rings. The van der Waals surface area contributed by atoms with E-state index in [0.29, 0.717) is 19.9 Å². The van der Waals surface area contributed by atoms with Crippen molar-refractivity contribution in [3.8, 4) is 0 Å². The number of thioether (sulfide) groups is 1. The number of fused-ring (bicyclic) bond motifs is 2. The number of para-hydroxylation sites is 1. The van der Waals surface area contributed by atoms with E-state index in [9.17, 15) is 4.79 Å². The lowest BCUT2D eigenvalue weighted by atomic mass is 10.1. The Hall–Kier alpha value is -3.38. The minimum absolute atomic E-state index is 0.131. The summed E-state index contributed by atoms with van der Waals surface area (Å²) in [4.78, 5) is 15.4. The Balaban J connectivity index is 1.37. The van der Waals surface area contributed by atoms with Crippen molar-refractivity contribution in [3.05, 3.63) is 118 Å². The first kappa shape index (κ1) is 22.1. The SMILES string of the molecule is O=C1/C(=C\c2cn(Cc3ccc4ccccc4c3)c3ccccc23)SC(=S)N1c1cccc(Cl)c1. The van der Waals surface area contributed by atoms with Crippen molar-refractivity contribution in [1.29, 1.82) is 0 Å². The van der Waals surface area contributed by atoms with Crippen LogP contribution in [0, 0.1) is 0 Å². The van der Waals surface area contributed by atoms with E-state index in [0.717, 1.165) is 23.0 Å². The van der Waals surface area contributed by atoms with E-state index in [1.165, 1.54) is 28.1 Å². The van der Waals surface area contributed by atoms with E-state index in [-0.39, 0.29) is 5.91 Å². The molecule has 4 aromatic carbocycles. The molecule has 1 aromatic heterocycles. The van der Waals surface area contributed by atoms with Gasteiger partial charge in [-0.3, -0.25) is 9.69 Å². The minimum Gasteiger partial charge on any atom is -0.342 e. The molecule has 1 aliphatic rings. The molecule has 3 nitrogen and oxygen atoms in total. The Morgan fingerprint density at radius 3 is 2.54 bits per heavy atom. The number of halogens is 1. The summed E-state index contributed by atoms with van der Waals surface area (Å²) < 4.78 is 2.74. The van der Waals surface area contributed by atoms with E-state index < -0.39 is 0 Å². The molecule has 6 heteroatoms. The highest BCUT2D eigenvalue weighted by atomic mass is 35.5. The highest BCUT2D eigenvalue weighted by molar-refractivity contribution is 8.27. The Kier molecular flexibility index (Phi) is 5.69. The quantitative estimate of drug-likeness (QED) is 0.181. The smallest absolute Gasteiger partial charge is 0.270 e. The van der Waals surface area contributed by atoms with Gasteiger partial charge in [0, 0.05) is 34.2 Å². The maximum Gasteiger partial charge on any atom is 0.270 e. The molecule has 0 atom stereocenters. The summed E-state index contributed by atoms with van der Waals surface area (Å²) in [6.45, 7) is 0.739. The second-order valence-electron chi connectivity index (χ2n) is 8.41. The largest absolute Gasteiger partial charge is 0.342 e. The lowest BCUT2D eigenvalue weighted by molar-refractivity contribution is -0.113. The van der Waals surface area contributed by atoms with Crippen molar-refractivity contribution in [3.63, 3.8) is 0 Å². The fourth-order valence-corrected chi connectivity index (χ4v) is 5.98. The molecule has 1 amide bonds. The van der Waals surface area contributed by atoms with Gasteiger partial charge in [-0.05, 0) is 52.7 Å². The van der Waals surface area contributed by atoms with Crippen LogP contribution in [0.1, 0.15) is 11.1 Å². The average molecular weight is 511 g/mol. The monoisotopic (exact) mass is 510 g/mol. The van der Waals surface area contributed by atoms with Gasteiger partial charge in [0.25, 0.3) is 5.91 Å². The molecule has 6 rings (SSSR count). The number of carbonyl (C=O) groups excluding carboxylic acids is 1. The summed E-state index contributed by atoms with van der Waals surface area (Å²) in [5, 5.41) is 4.13. The molecule has 0 aliphatic carbocycles. The first-order valence-electron chi connectivity index (χ1n) is 11.2. The third kappa shape index (κ3) is 4.16. The summed E-state index contributed by atoms with van der Waals surface area (Å²) in [7, 11) is 0. The summed E-state index contributed by atoms with van der Waals surface area (Å²) in [5.74, 6) is -0.131. The van der Waals surface area contributed by atoms with E-state index in [1.54, 1.807) is 17.0 Å². The van der Waals surface area contributed by atoms with Gasteiger partial charge in [-0.25, -0.2) is 0 Å². The lowest BCUT2D eigenvalue weighted by Crippen LogP contribution is -2.27. The Bertz CT molecular complexity index is 1670. The molecule has 0 saturated carbocycles. The number of thiocarbonyl (C=S) groups is 1. The van der Waals surface area contributed by atoms with Crippen molar-refractivity contribution in [2.75, 3.05) is 4.90 Å². The maximum atomic E-state index is 13.3. The number of amides is 1. The average Bonchev–Trinajstić information content (AvgIpc) is 3.35. The normalized spacial score (nSPS) is 15.1. The molecule has 0 radical (unpaired) electrons. The van der Waals surface area contributed by atoms with Crippen LogP contribution in [0.4, 0.5) is 5.69 Å². The number of rotatable bonds is 4. The van der Waals surface area contributed by atoms with Gasteiger partial charge in [-0.1, -0.05) is 96.2 Å². The maximum absolute atomic E-state index is 13.3. The molecule has 2 heterocycles. The van der Waals surface area contributed by atoms with Crippen LogP contribution in [0.25, 0.3) is 27.8 Å². The number of nitrogens with zero attached hydrogens (tertiary/aromatic N) is 2. The molecule has 0 N–H and O–H groups in total. The summed E-state index contributed by atoms with van der Waals surface area (Å²) >= 11 is 13.0. The van der Waals surface area contributed by atoms with Gasteiger partial charge in [0.05, 0.1) is 10.6 Å². The first-order chi connectivity index (χ1) is 17.1. The molecule has 0 bridgehead atoms. The Morgan fingerprint density at radius 2 is 1.69 bits per heavy atom. The van der Waals surface area contributed by atoms with E-state index in [4.69, 9.17) is 23.8 Å². The molecule has 0 unspecified atom stereocenters. The number of anilines is 1. The third-order valence-corrected chi connectivity index (χ3v) is 7.67. The number of hydrogen-bond donors (Lipinski definition) is 0. The number of benzene rings is 4. The van der Waals surface area contributed by atoms with Crippen LogP contribution in [0.3, 0.4) is 0 Å². The zero-order valence-corrected chi connectivity index (χ0v) is 20.9. The molecule has 1 aliphatic heterocycles. The zero-order valence-electron chi connectivity index (χ0n) is 18.5. The van der Waals surface area contributed by atoms with E-state index in [1.807, 2.05) is 30.3 Å². The van der Waals surface area contributed by atoms with Crippen molar-refractivity contribution in [2.45, 2.75) is 6.54 Å². The van der Waals surface area contributed by atoms with E-state index >= 15 is 0 Å². The van der Waals surface area contributed by atoms with Gasteiger partial charge in [-0.2, -0.15) is 0 Å². The van der Waals surface area contributed by atoms with Crippen LogP contribution in [-0.2, 0) is 11.3 Å². The van der Waals surface area contributed by atoms with Crippen LogP contribution < -0.4 is 4.90 Å². The van der Waals surface area contributed by atoms with Gasteiger partial charge in [0.1, 0.15) is 0 Å². The zero-order chi connectivity index (χ0) is 23.9. The molecule has 1 saturated heterocycles. The second-order valence-corrected chi connectivity index (χ2v) is 10.5. The molecule has 1 fully saturated rings. The van der Waals surface area contributed by atoms with Gasteiger partial charge < -0.3 is 4.57 Å². The summed E-state index contributed by atoms with van der Waals surface area (Å²) in [5.41, 5.74) is 4.02. The highest BCUT2D eigenvalue weighted by Crippen LogP contribution is 2.38. The standard InChI is InChI=1S/C29H19ClN2OS2/c30-23-8-5-9-24(16-23)32-28(33)27(35-29(32)34)15-22-18-31(26-11-4-3-10-25(22)26)17-19-12-13-20-6-1-2-7-21(20)14-19/h1-16,18H,17H2/b27-15+. The Morgan fingerprint density at radius 1 is 0.886 bits per heavy atom. The predicted molar refractivity (Wildman–Crippen MR) is 152 cm³/mol. The van der Waals surface area contributed by atoms with Gasteiger partial charge in [-0.15, -0.1) is 0 Å².